The van der Waals surface area contributed by atoms with Crippen molar-refractivity contribution in [1.29, 1.82) is 0 Å². The molecule has 0 saturated carbocycles. The lowest BCUT2D eigenvalue weighted by Crippen LogP contribution is -2.35. The second-order valence-corrected chi connectivity index (χ2v) is 12.4. The first kappa shape index (κ1) is 27.9. The fourth-order valence-corrected chi connectivity index (χ4v) is 4.95. The number of hydrogen-bond donors (Lipinski definition) is 2. The monoisotopic (exact) mass is 489 g/mol. The molecular formula is C27H40NO5P. The van der Waals surface area contributed by atoms with Gasteiger partial charge in [0.25, 0.3) is 0 Å². The fourth-order valence-electron chi connectivity index (χ4n) is 3.57. The summed E-state index contributed by atoms with van der Waals surface area (Å²) in [6.45, 7) is 13.3. The van der Waals surface area contributed by atoms with E-state index in [4.69, 9.17) is 9.26 Å². The average Bonchev–Trinajstić information content (AvgIpc) is 2.70. The van der Waals surface area contributed by atoms with Gasteiger partial charge in [-0.3, -0.25) is 9.36 Å². The van der Waals surface area contributed by atoms with Crippen LogP contribution >= 0.6 is 7.52 Å². The van der Waals surface area contributed by atoms with E-state index in [0.29, 0.717) is 11.3 Å². The van der Waals surface area contributed by atoms with Crippen molar-refractivity contribution in [3.05, 3.63) is 47.5 Å². The lowest BCUT2D eigenvalue weighted by molar-refractivity contribution is -0.148. The van der Waals surface area contributed by atoms with Gasteiger partial charge < -0.3 is 14.4 Å². The van der Waals surface area contributed by atoms with Crippen LogP contribution in [-0.2, 0) is 20.5 Å². The van der Waals surface area contributed by atoms with Crippen LogP contribution in [0.2, 0.25) is 0 Å². The molecule has 0 aliphatic rings. The second-order valence-electron chi connectivity index (χ2n) is 10.3. The molecule has 188 valence electrons. The summed E-state index contributed by atoms with van der Waals surface area (Å²) in [5.74, 6) is -0.0893. The van der Waals surface area contributed by atoms with Crippen molar-refractivity contribution < 1.29 is 23.7 Å². The average molecular weight is 490 g/mol. The highest BCUT2D eigenvalue weighted by Crippen LogP contribution is 2.47. The smallest absolute Gasteiger partial charge is 0.323 e. The minimum absolute atomic E-state index is 0.0761. The summed E-state index contributed by atoms with van der Waals surface area (Å²) >= 11 is 0. The van der Waals surface area contributed by atoms with E-state index in [1.54, 1.807) is 13.0 Å². The lowest BCUT2D eigenvalue weighted by atomic mass is 9.98. The molecule has 0 aliphatic heterocycles. The molecule has 0 spiro atoms. The first-order valence-electron chi connectivity index (χ1n) is 12.0. The van der Waals surface area contributed by atoms with Gasteiger partial charge in [0.05, 0.1) is 12.2 Å². The molecule has 0 aliphatic carbocycles. The predicted molar refractivity (Wildman–Crippen MR) is 139 cm³/mol. The summed E-state index contributed by atoms with van der Waals surface area (Å²) in [5, 5.41) is 13.7. The summed E-state index contributed by atoms with van der Waals surface area (Å²) in [4.78, 5) is 12.4. The summed E-state index contributed by atoms with van der Waals surface area (Å²) < 4.78 is 24.8. The van der Waals surface area contributed by atoms with Gasteiger partial charge in [-0.2, -0.15) is 0 Å². The molecule has 0 amide bonds. The quantitative estimate of drug-likeness (QED) is 0.204. The number of aryl methyl sites for hydroxylation is 2. The number of benzene rings is 2. The predicted octanol–water partition coefficient (Wildman–Crippen LogP) is 6.87. The molecule has 7 heteroatoms. The number of unbranched alkanes of at least 4 members (excludes halogenated alkanes) is 2. The van der Waals surface area contributed by atoms with E-state index in [1.165, 1.54) is 6.66 Å². The molecule has 2 N–H and O–H groups in total. The largest absolute Gasteiger partial charge is 0.507 e. The van der Waals surface area contributed by atoms with E-state index >= 15 is 0 Å². The first-order chi connectivity index (χ1) is 15.8. The van der Waals surface area contributed by atoms with Crippen LogP contribution in [0.3, 0.4) is 0 Å². The molecule has 0 heterocycles. The van der Waals surface area contributed by atoms with Gasteiger partial charge in [-0.15, -0.1) is 0 Å². The normalized spacial score (nSPS) is 14.3. The standard InChI is InChI=1S/C27H40NO5P/c1-8-9-10-13-21-16-23(29)25(22-14-11-12-19(2)15-22)24(17-21)33-34(7,31)28-20(3)26(30)32-18-27(4,5)6/h11-12,14-17,20,29H,8-10,13,18H2,1-7H3,(H,28,31)/t20-,34?/m0/s1. The van der Waals surface area contributed by atoms with Gasteiger partial charge in [0, 0.05) is 6.66 Å². The third kappa shape index (κ3) is 8.81. The number of hydrogen-bond acceptors (Lipinski definition) is 5. The number of nitrogens with one attached hydrogen (secondary N) is 1. The van der Waals surface area contributed by atoms with Crippen LogP contribution in [0.1, 0.15) is 65.0 Å². The maximum absolute atomic E-state index is 13.4. The molecule has 0 saturated heterocycles. The van der Waals surface area contributed by atoms with E-state index in [9.17, 15) is 14.5 Å². The Bertz CT molecular complexity index is 1030. The molecule has 2 rings (SSSR count). The molecule has 2 aromatic rings. The van der Waals surface area contributed by atoms with Crippen LogP contribution in [0, 0.1) is 12.3 Å². The lowest BCUT2D eigenvalue weighted by Gasteiger charge is -2.24. The Morgan fingerprint density at radius 2 is 1.88 bits per heavy atom. The second kappa shape index (κ2) is 11.9. The van der Waals surface area contributed by atoms with Crippen LogP contribution in [0.4, 0.5) is 0 Å². The van der Waals surface area contributed by atoms with Crippen LogP contribution in [-0.4, -0.2) is 30.4 Å². The van der Waals surface area contributed by atoms with Crippen molar-refractivity contribution in [3.8, 4) is 22.6 Å². The van der Waals surface area contributed by atoms with E-state index < -0.39 is 19.5 Å². The van der Waals surface area contributed by atoms with Crippen LogP contribution < -0.4 is 9.61 Å². The van der Waals surface area contributed by atoms with Crippen molar-refractivity contribution in [1.82, 2.24) is 5.09 Å². The number of aromatic hydroxyl groups is 1. The maximum Gasteiger partial charge on any atom is 0.323 e. The Morgan fingerprint density at radius 3 is 2.50 bits per heavy atom. The third-order valence-electron chi connectivity index (χ3n) is 5.22. The third-order valence-corrected chi connectivity index (χ3v) is 6.62. The van der Waals surface area contributed by atoms with Crippen molar-refractivity contribution in [2.45, 2.75) is 73.3 Å². The summed E-state index contributed by atoms with van der Waals surface area (Å²) in [6, 6.07) is 10.5. The number of phenols is 1. The van der Waals surface area contributed by atoms with Crippen molar-refractivity contribution in [2.24, 2.45) is 5.41 Å². The van der Waals surface area contributed by atoms with E-state index in [2.05, 4.69) is 12.0 Å². The Balaban J connectivity index is 2.33. The molecule has 0 aromatic heterocycles. The zero-order chi connectivity index (χ0) is 25.5. The van der Waals surface area contributed by atoms with Gasteiger partial charge in [0.2, 0.25) is 0 Å². The topological polar surface area (TPSA) is 84.9 Å². The molecule has 0 radical (unpaired) electrons. The molecule has 0 bridgehead atoms. The van der Waals surface area contributed by atoms with Gasteiger partial charge >= 0.3 is 13.5 Å². The molecule has 2 atom stereocenters. The molecular weight excluding hydrogens is 449 g/mol. The van der Waals surface area contributed by atoms with Crippen molar-refractivity contribution >= 4 is 13.5 Å². The van der Waals surface area contributed by atoms with E-state index in [1.807, 2.05) is 58.0 Å². The Kier molecular flexibility index (Phi) is 9.78. The van der Waals surface area contributed by atoms with Gasteiger partial charge in [-0.25, -0.2) is 5.09 Å². The number of carbonyl (C=O) groups excluding carboxylic acids is 1. The number of rotatable bonds is 11. The summed E-state index contributed by atoms with van der Waals surface area (Å²) in [5.41, 5.74) is 3.03. The van der Waals surface area contributed by atoms with E-state index in [0.717, 1.165) is 42.4 Å². The molecule has 0 fully saturated rings. The fraction of sp³-hybridized carbons (Fsp3) is 0.519. The number of esters is 1. The summed E-state index contributed by atoms with van der Waals surface area (Å²) in [7, 11) is -3.48. The van der Waals surface area contributed by atoms with Gasteiger partial charge in [0.15, 0.2) is 0 Å². The highest BCUT2D eigenvalue weighted by atomic mass is 31.2. The highest BCUT2D eigenvalue weighted by Gasteiger charge is 2.28. The minimum Gasteiger partial charge on any atom is -0.507 e. The van der Waals surface area contributed by atoms with Gasteiger partial charge in [-0.05, 0) is 55.4 Å². The molecule has 2 aromatic carbocycles. The van der Waals surface area contributed by atoms with Crippen LogP contribution in [0.25, 0.3) is 11.1 Å². The number of phenolic OH excluding ortho intramolecular Hbond substituents is 1. The molecule has 6 nitrogen and oxygen atoms in total. The van der Waals surface area contributed by atoms with E-state index in [-0.39, 0.29) is 17.8 Å². The molecule has 34 heavy (non-hydrogen) atoms. The van der Waals surface area contributed by atoms with Gasteiger partial charge in [0.1, 0.15) is 17.5 Å². The van der Waals surface area contributed by atoms with Crippen molar-refractivity contribution in [2.75, 3.05) is 13.3 Å². The zero-order valence-electron chi connectivity index (χ0n) is 21.6. The van der Waals surface area contributed by atoms with Crippen LogP contribution in [0.15, 0.2) is 36.4 Å². The first-order valence-corrected chi connectivity index (χ1v) is 14.0. The SMILES string of the molecule is CCCCCc1cc(O)c(-c2cccc(C)c2)c(OP(C)(=O)N[C@@H](C)C(=O)OCC(C)(C)C)c1. The highest BCUT2D eigenvalue weighted by molar-refractivity contribution is 7.56. The Labute approximate surface area is 204 Å². The minimum atomic E-state index is -3.48. The Hall–Kier alpha value is -2.30. The maximum atomic E-state index is 13.4. The number of ether oxygens (including phenoxy) is 1. The zero-order valence-corrected chi connectivity index (χ0v) is 22.5. The number of carbonyl (C=O) groups is 1. The molecule has 1 unspecified atom stereocenters. The van der Waals surface area contributed by atoms with Crippen molar-refractivity contribution in [3.63, 3.8) is 0 Å². The van der Waals surface area contributed by atoms with Crippen LogP contribution in [0.5, 0.6) is 11.5 Å². The Morgan fingerprint density at radius 1 is 1.18 bits per heavy atom. The summed E-state index contributed by atoms with van der Waals surface area (Å²) in [6.07, 6.45) is 3.94. The van der Waals surface area contributed by atoms with Gasteiger partial charge in [-0.1, -0.05) is 70.4 Å².